The summed E-state index contributed by atoms with van der Waals surface area (Å²) in [6.45, 7) is 2.00. The van der Waals surface area contributed by atoms with E-state index in [2.05, 4.69) is 31.7 Å². The lowest BCUT2D eigenvalue weighted by Crippen LogP contribution is -2.36. The van der Waals surface area contributed by atoms with Crippen molar-refractivity contribution in [2.45, 2.75) is 0 Å². The van der Waals surface area contributed by atoms with Crippen molar-refractivity contribution in [2.24, 2.45) is 0 Å². The minimum absolute atomic E-state index is 0.277. The van der Waals surface area contributed by atoms with Gasteiger partial charge >= 0.3 is 0 Å². The summed E-state index contributed by atoms with van der Waals surface area (Å²) in [5.41, 5.74) is 1.60. The third-order valence-electron chi connectivity index (χ3n) is 6.25. The van der Waals surface area contributed by atoms with Gasteiger partial charge in [0, 0.05) is 24.8 Å². The fourth-order valence-corrected chi connectivity index (χ4v) is 4.55. The minimum Gasteiger partial charge on any atom is -0.506 e. The van der Waals surface area contributed by atoms with Gasteiger partial charge in [-0.15, -0.1) is 0 Å². The van der Waals surface area contributed by atoms with E-state index in [0.717, 1.165) is 32.9 Å². The van der Waals surface area contributed by atoms with Gasteiger partial charge < -0.3 is 29.8 Å². The molecule has 33 heavy (non-hydrogen) atoms. The Hall–Kier alpha value is -4.32. The molecule has 4 aromatic carbocycles. The van der Waals surface area contributed by atoms with Crippen LogP contribution in [0.4, 0.5) is 11.4 Å². The van der Waals surface area contributed by atoms with E-state index in [1.54, 1.807) is 0 Å². The summed E-state index contributed by atoms with van der Waals surface area (Å²) in [5, 5.41) is 25.4. The van der Waals surface area contributed by atoms with Crippen LogP contribution in [0.2, 0.25) is 0 Å². The van der Waals surface area contributed by atoms with Crippen molar-refractivity contribution in [1.29, 1.82) is 0 Å². The van der Waals surface area contributed by atoms with Crippen molar-refractivity contribution < 1.29 is 10.2 Å². The smallest absolute Gasteiger partial charge is 0.139 e. The molecule has 6 heteroatoms. The van der Waals surface area contributed by atoms with E-state index in [1.807, 2.05) is 85.5 Å². The van der Waals surface area contributed by atoms with Crippen LogP contribution in [0.5, 0.6) is 11.5 Å². The van der Waals surface area contributed by atoms with E-state index in [9.17, 15) is 10.2 Å². The summed E-state index contributed by atoms with van der Waals surface area (Å²) >= 11 is 0. The monoisotopic (exact) mass is 436 g/mol. The molecule has 164 valence electrons. The number of nitrogens with zero attached hydrogens (tertiary/aromatic N) is 4. The van der Waals surface area contributed by atoms with Crippen LogP contribution in [0.1, 0.15) is 0 Å². The maximum absolute atomic E-state index is 10.6. The molecule has 2 heterocycles. The second-order valence-corrected chi connectivity index (χ2v) is 8.51. The number of benzene rings is 4. The largest absolute Gasteiger partial charge is 0.506 e. The zero-order valence-electron chi connectivity index (χ0n) is 18.0. The second-order valence-electron chi connectivity index (χ2n) is 8.51. The summed E-state index contributed by atoms with van der Waals surface area (Å²) in [7, 11) is 0. The predicted molar refractivity (Wildman–Crippen MR) is 133 cm³/mol. The van der Waals surface area contributed by atoms with Crippen molar-refractivity contribution >= 4 is 32.9 Å². The molecule has 4 aromatic rings. The number of hydrogen-bond donors (Lipinski definition) is 2. The van der Waals surface area contributed by atoms with Crippen molar-refractivity contribution in [3.05, 3.63) is 97.6 Å². The summed E-state index contributed by atoms with van der Waals surface area (Å²) < 4.78 is 0. The first-order valence-corrected chi connectivity index (χ1v) is 11.0. The third-order valence-corrected chi connectivity index (χ3v) is 6.25. The summed E-state index contributed by atoms with van der Waals surface area (Å²) in [4.78, 5) is 8.47. The maximum atomic E-state index is 10.6. The molecule has 0 amide bonds. The van der Waals surface area contributed by atoms with Crippen molar-refractivity contribution in [1.82, 2.24) is 9.80 Å². The number of phenolic OH excluding ortho intramolecular Hbond substituents is 2. The predicted octanol–water partition coefficient (Wildman–Crippen LogP) is 5.16. The number of hydrogen-bond acceptors (Lipinski definition) is 6. The maximum Gasteiger partial charge on any atom is 0.139 e. The molecule has 0 bridgehead atoms. The summed E-state index contributed by atoms with van der Waals surface area (Å²) in [5.74, 6) is 0.554. The van der Waals surface area contributed by atoms with Crippen LogP contribution in [-0.2, 0) is 0 Å². The highest BCUT2D eigenvalue weighted by atomic mass is 16.3. The third kappa shape index (κ3) is 3.55. The van der Waals surface area contributed by atoms with Gasteiger partial charge in [0.25, 0.3) is 0 Å². The van der Waals surface area contributed by atoms with E-state index in [4.69, 9.17) is 0 Å². The Kier molecular flexibility index (Phi) is 4.50. The molecule has 0 saturated heterocycles. The van der Waals surface area contributed by atoms with E-state index >= 15 is 0 Å². The number of aromatic hydroxyl groups is 2. The molecular weight excluding hydrogens is 412 g/mol. The average Bonchev–Trinajstić information content (AvgIpc) is 3.48. The molecule has 0 fully saturated rings. The summed E-state index contributed by atoms with van der Waals surface area (Å²) in [6.07, 6.45) is 8.07. The van der Waals surface area contributed by atoms with E-state index in [-0.39, 0.29) is 11.5 Å². The Labute approximate surface area is 192 Å². The molecule has 0 atom stereocenters. The molecule has 2 aliphatic heterocycles. The first-order valence-electron chi connectivity index (χ1n) is 11.0. The van der Waals surface area contributed by atoms with Crippen LogP contribution in [0, 0.1) is 0 Å². The van der Waals surface area contributed by atoms with Crippen LogP contribution in [-0.4, -0.2) is 40.0 Å². The average molecular weight is 437 g/mol. The molecule has 0 saturated carbocycles. The van der Waals surface area contributed by atoms with Gasteiger partial charge in [-0.25, -0.2) is 0 Å². The highest BCUT2D eigenvalue weighted by molar-refractivity contribution is 5.90. The van der Waals surface area contributed by atoms with Gasteiger partial charge in [-0.05, 0) is 45.8 Å². The first-order chi connectivity index (χ1) is 16.1. The van der Waals surface area contributed by atoms with Crippen LogP contribution in [0.25, 0.3) is 21.5 Å². The number of fused-ring (bicyclic) bond motifs is 2. The number of rotatable bonds is 4. The topological polar surface area (TPSA) is 53.4 Å². The van der Waals surface area contributed by atoms with Crippen molar-refractivity contribution in [3.8, 4) is 11.5 Å². The molecule has 2 N–H and O–H groups in total. The molecule has 6 nitrogen and oxygen atoms in total. The molecule has 0 unspecified atom stereocenters. The second kappa shape index (κ2) is 7.67. The Morgan fingerprint density at radius 1 is 0.545 bits per heavy atom. The Balaban J connectivity index is 1.13. The molecule has 6 rings (SSSR count). The van der Waals surface area contributed by atoms with E-state index in [0.29, 0.717) is 20.0 Å². The molecular formula is C27H24N4O2. The fraction of sp³-hybridized carbons (Fsp3) is 0.111. The van der Waals surface area contributed by atoms with Gasteiger partial charge in [0.15, 0.2) is 0 Å². The van der Waals surface area contributed by atoms with Gasteiger partial charge in [0.2, 0.25) is 0 Å². The van der Waals surface area contributed by atoms with Gasteiger partial charge in [0.05, 0.1) is 31.4 Å². The van der Waals surface area contributed by atoms with Crippen molar-refractivity contribution in [2.75, 3.05) is 29.8 Å². The lowest BCUT2D eigenvalue weighted by molar-refractivity contribution is 0.250. The normalized spacial score (nSPS) is 15.5. The Morgan fingerprint density at radius 2 is 0.939 bits per heavy atom. The molecule has 2 aliphatic rings. The van der Waals surface area contributed by atoms with Crippen LogP contribution < -0.4 is 9.80 Å². The van der Waals surface area contributed by atoms with Gasteiger partial charge in [0.1, 0.15) is 11.5 Å². The standard InChI is InChI=1S/C27H24N4O2/c32-26-15-22-7-3-1-5-20(22)13-24(26)30-11-9-28(18-30)17-29-10-12-31(19-29)25-14-21-6-2-4-8-23(21)16-27(25)33/h1-16,32-33H,17-19H2. The van der Waals surface area contributed by atoms with Gasteiger partial charge in [-0.1, -0.05) is 48.5 Å². The molecule has 0 aliphatic carbocycles. The number of phenols is 2. The molecule has 0 aromatic heterocycles. The van der Waals surface area contributed by atoms with E-state index in [1.165, 1.54) is 0 Å². The molecule has 0 radical (unpaired) electrons. The Morgan fingerprint density at radius 3 is 1.36 bits per heavy atom. The van der Waals surface area contributed by atoms with Crippen LogP contribution in [0.3, 0.4) is 0 Å². The first kappa shape index (κ1) is 19.4. The van der Waals surface area contributed by atoms with Crippen LogP contribution in [0.15, 0.2) is 97.6 Å². The fourth-order valence-electron chi connectivity index (χ4n) is 4.55. The lowest BCUT2D eigenvalue weighted by Gasteiger charge is -2.28. The zero-order valence-corrected chi connectivity index (χ0v) is 18.0. The van der Waals surface area contributed by atoms with Crippen LogP contribution >= 0.6 is 0 Å². The quantitative estimate of drug-likeness (QED) is 0.461. The van der Waals surface area contributed by atoms with E-state index < -0.39 is 0 Å². The minimum atomic E-state index is 0.277. The SMILES string of the molecule is Oc1cc2ccccc2cc1N1C=CN(CN2C=CN(c3cc4ccccc4cc3O)C2)C1. The van der Waals surface area contributed by atoms with Crippen molar-refractivity contribution in [3.63, 3.8) is 0 Å². The highest BCUT2D eigenvalue weighted by Gasteiger charge is 2.22. The zero-order chi connectivity index (χ0) is 22.4. The molecule has 0 spiro atoms. The Bertz CT molecular complexity index is 1310. The highest BCUT2D eigenvalue weighted by Crippen LogP contribution is 2.35. The van der Waals surface area contributed by atoms with Gasteiger partial charge in [-0.3, -0.25) is 0 Å². The van der Waals surface area contributed by atoms with Gasteiger partial charge in [-0.2, -0.15) is 0 Å². The number of anilines is 2. The summed E-state index contributed by atoms with van der Waals surface area (Å²) in [6, 6.07) is 23.8. The lowest BCUT2D eigenvalue weighted by atomic mass is 10.1.